The highest BCUT2D eigenvalue weighted by Crippen LogP contribution is 2.30. The molecule has 2 aromatic rings. The Balaban J connectivity index is 2.33. The molecule has 3 nitrogen and oxygen atoms in total. The van der Waals surface area contributed by atoms with E-state index in [1.165, 1.54) is 23.9 Å². The molecule has 0 unspecified atom stereocenters. The Kier molecular flexibility index (Phi) is 3.71. The smallest absolute Gasteiger partial charge is 0.272 e. The van der Waals surface area contributed by atoms with E-state index in [1.807, 2.05) is 0 Å². The summed E-state index contributed by atoms with van der Waals surface area (Å²) in [6, 6.07) is 8.38. The lowest BCUT2D eigenvalue weighted by Gasteiger charge is -2.05. The molecule has 0 amide bonds. The average molecular weight is 280 g/mol. The molecule has 0 fully saturated rings. The van der Waals surface area contributed by atoms with Crippen LogP contribution in [0.15, 0.2) is 46.2 Å². The van der Waals surface area contributed by atoms with Gasteiger partial charge >= 0.3 is 0 Å². The minimum atomic E-state index is -0.622. The van der Waals surface area contributed by atoms with Crippen LogP contribution in [0.5, 0.6) is 0 Å². The zero-order valence-corrected chi connectivity index (χ0v) is 10.7. The fourth-order valence-electron chi connectivity index (χ4n) is 1.57. The molecule has 0 radical (unpaired) electrons. The number of hydrogen-bond acceptors (Lipinski definition) is 2. The summed E-state index contributed by atoms with van der Waals surface area (Å²) in [5.41, 5.74) is 12.2. The third-order valence-electron chi connectivity index (χ3n) is 2.41. The van der Waals surface area contributed by atoms with Gasteiger partial charge in [-0.15, -0.1) is 0 Å². The second-order valence-electron chi connectivity index (χ2n) is 3.91. The third-order valence-corrected chi connectivity index (χ3v) is 3.37. The molecule has 2 aromatic carbocycles. The molecule has 0 bridgehead atoms. The summed E-state index contributed by atoms with van der Waals surface area (Å²) in [4.78, 5) is 1.19. The molecule has 0 atom stereocenters. The van der Waals surface area contributed by atoms with E-state index < -0.39 is 11.6 Å². The van der Waals surface area contributed by atoms with Crippen molar-refractivity contribution >= 4 is 23.3 Å². The van der Waals surface area contributed by atoms with Crippen molar-refractivity contribution in [3.63, 3.8) is 0 Å². The molecule has 0 saturated heterocycles. The Morgan fingerprint density at radius 3 is 2.21 bits per heavy atom. The van der Waals surface area contributed by atoms with Crippen LogP contribution in [0.3, 0.4) is 0 Å². The third kappa shape index (κ3) is 3.23. The molecule has 0 heterocycles. The number of anilines is 1. The molecule has 98 valence electrons. The van der Waals surface area contributed by atoms with Crippen LogP contribution in [-0.2, 0) is 0 Å². The van der Waals surface area contributed by atoms with Crippen molar-refractivity contribution in [2.75, 3.05) is 5.73 Å². The minimum absolute atomic E-state index is 0.102. The highest BCUT2D eigenvalue weighted by Gasteiger charge is 2.09. The van der Waals surface area contributed by atoms with Crippen molar-refractivity contribution in [3.8, 4) is 0 Å². The quantitative estimate of drug-likeness (QED) is 0.448. The zero-order valence-electron chi connectivity index (χ0n) is 9.86. The van der Waals surface area contributed by atoms with E-state index in [1.54, 1.807) is 18.2 Å². The summed E-state index contributed by atoms with van der Waals surface area (Å²) in [6.45, 7) is 0. The zero-order chi connectivity index (χ0) is 14.0. The van der Waals surface area contributed by atoms with Crippen LogP contribution in [0, 0.1) is 11.6 Å². The lowest BCUT2D eigenvalue weighted by Crippen LogP contribution is -2.46. The summed E-state index contributed by atoms with van der Waals surface area (Å²) >= 11 is 1.20. The largest absolute Gasteiger partial charge is 0.398 e. The Hall–Kier alpha value is -2.08. The van der Waals surface area contributed by atoms with Gasteiger partial charge in [0.25, 0.3) is 5.84 Å². The van der Waals surface area contributed by atoms with Crippen molar-refractivity contribution in [1.82, 2.24) is 0 Å². The Morgan fingerprint density at radius 2 is 1.63 bits per heavy atom. The van der Waals surface area contributed by atoms with Gasteiger partial charge in [-0.1, -0.05) is 11.8 Å². The molecule has 19 heavy (non-hydrogen) atoms. The summed E-state index contributed by atoms with van der Waals surface area (Å²) in [5.74, 6) is -1.14. The maximum atomic E-state index is 13.1. The molecule has 0 aromatic heterocycles. The van der Waals surface area contributed by atoms with Crippen LogP contribution in [-0.4, -0.2) is 5.84 Å². The Bertz CT molecular complexity index is 624. The van der Waals surface area contributed by atoms with Gasteiger partial charge in [-0.2, -0.15) is 0 Å². The fraction of sp³-hybridized carbons (Fsp3) is 0. The van der Waals surface area contributed by atoms with Crippen molar-refractivity contribution in [2.45, 2.75) is 9.79 Å². The standard InChI is InChI=1S/C13H11F2N3S/c14-7-3-8(15)5-10(4-7)19-9-1-2-12(16)11(6-9)13(17)18/h1-6H,16H2,(H3,17,18)/p+1. The number of hydrogen-bond donors (Lipinski definition) is 3. The van der Waals surface area contributed by atoms with Gasteiger partial charge in [0.2, 0.25) is 0 Å². The van der Waals surface area contributed by atoms with E-state index in [-0.39, 0.29) is 5.84 Å². The maximum Gasteiger partial charge on any atom is 0.272 e. The van der Waals surface area contributed by atoms with Gasteiger partial charge in [0.15, 0.2) is 0 Å². The molecular formula is C13H12F2N3S+. The summed E-state index contributed by atoms with van der Waals surface area (Å²) in [7, 11) is 0. The number of benzene rings is 2. The van der Waals surface area contributed by atoms with Crippen molar-refractivity contribution in [1.29, 1.82) is 0 Å². The number of amidine groups is 1. The molecule has 6 N–H and O–H groups in total. The molecule has 6 heteroatoms. The van der Waals surface area contributed by atoms with Gasteiger partial charge in [0.05, 0.1) is 5.56 Å². The van der Waals surface area contributed by atoms with Gasteiger partial charge in [-0.05, 0) is 30.3 Å². The molecule has 2 rings (SSSR count). The summed E-state index contributed by atoms with van der Waals surface area (Å²) in [6.07, 6.45) is 0. The Morgan fingerprint density at radius 1 is 1.00 bits per heavy atom. The van der Waals surface area contributed by atoms with Crippen LogP contribution < -0.4 is 16.9 Å². The predicted octanol–water partition coefficient (Wildman–Crippen LogP) is 1.16. The van der Waals surface area contributed by atoms with Crippen LogP contribution in [0.25, 0.3) is 0 Å². The lowest BCUT2D eigenvalue weighted by atomic mass is 10.2. The maximum absolute atomic E-state index is 13.1. The van der Waals surface area contributed by atoms with Crippen molar-refractivity contribution in [2.24, 2.45) is 5.73 Å². The lowest BCUT2D eigenvalue weighted by molar-refractivity contribution is -0.114. The first kappa shape index (κ1) is 13.4. The van der Waals surface area contributed by atoms with Gasteiger partial charge < -0.3 is 5.73 Å². The van der Waals surface area contributed by atoms with Crippen molar-refractivity contribution < 1.29 is 14.2 Å². The number of nitrogen functional groups attached to an aromatic ring is 1. The summed E-state index contributed by atoms with van der Waals surface area (Å²) in [5, 5.41) is 5.51. The van der Waals surface area contributed by atoms with Crippen molar-refractivity contribution in [3.05, 3.63) is 53.6 Å². The van der Waals surface area contributed by atoms with Gasteiger partial charge in [0.1, 0.15) is 11.6 Å². The topological polar surface area (TPSA) is 77.6 Å². The molecule has 0 aliphatic carbocycles. The second-order valence-corrected chi connectivity index (χ2v) is 5.06. The van der Waals surface area contributed by atoms with E-state index in [2.05, 4.69) is 0 Å². The first-order chi connectivity index (χ1) is 8.95. The Labute approximate surface area is 113 Å². The van der Waals surface area contributed by atoms with Crippen LogP contribution in [0.4, 0.5) is 14.5 Å². The average Bonchev–Trinajstić information content (AvgIpc) is 2.30. The van der Waals surface area contributed by atoms with Gasteiger partial charge in [0, 0.05) is 21.5 Å². The highest BCUT2D eigenvalue weighted by atomic mass is 32.2. The summed E-state index contributed by atoms with van der Waals surface area (Å²) < 4.78 is 26.2. The highest BCUT2D eigenvalue weighted by molar-refractivity contribution is 7.99. The molecule has 0 spiro atoms. The minimum Gasteiger partial charge on any atom is -0.398 e. The van der Waals surface area contributed by atoms with E-state index in [0.29, 0.717) is 16.1 Å². The predicted molar refractivity (Wildman–Crippen MR) is 71.6 cm³/mol. The van der Waals surface area contributed by atoms with Gasteiger partial charge in [-0.3, -0.25) is 11.1 Å². The first-order valence-corrected chi connectivity index (χ1v) is 6.19. The molecule has 0 aliphatic rings. The molecule has 0 saturated carbocycles. The SMILES string of the molecule is NC(=[NH2+])c1cc(Sc2cc(F)cc(F)c2)ccc1N. The van der Waals surface area contributed by atoms with Crippen LogP contribution in [0.1, 0.15) is 5.56 Å². The molecular weight excluding hydrogens is 268 g/mol. The van der Waals surface area contributed by atoms with Crippen LogP contribution in [0.2, 0.25) is 0 Å². The monoisotopic (exact) mass is 280 g/mol. The number of nitrogens with two attached hydrogens (primary N) is 3. The molecule has 0 aliphatic heterocycles. The number of halogens is 2. The van der Waals surface area contributed by atoms with Gasteiger partial charge in [-0.25, -0.2) is 8.78 Å². The number of rotatable bonds is 3. The van der Waals surface area contributed by atoms with E-state index >= 15 is 0 Å². The van der Waals surface area contributed by atoms with E-state index in [4.69, 9.17) is 16.9 Å². The van der Waals surface area contributed by atoms with Crippen LogP contribution >= 0.6 is 11.8 Å². The first-order valence-electron chi connectivity index (χ1n) is 5.37. The second kappa shape index (κ2) is 5.27. The van der Waals surface area contributed by atoms with E-state index in [0.717, 1.165) is 11.0 Å². The fourth-order valence-corrected chi connectivity index (χ4v) is 2.50. The normalized spacial score (nSPS) is 10.4. The van der Waals surface area contributed by atoms with E-state index in [9.17, 15) is 8.78 Å².